The first kappa shape index (κ1) is 12.0. The summed E-state index contributed by atoms with van der Waals surface area (Å²) in [6.07, 6.45) is 3.47. The second-order valence-corrected chi connectivity index (χ2v) is 5.07. The SMILES string of the molecule is CSc1cccc(Sc2ncnn2C)c1C#N. The molecule has 0 aliphatic heterocycles. The van der Waals surface area contributed by atoms with Crippen LogP contribution >= 0.6 is 23.5 Å². The fraction of sp³-hybridized carbons (Fsp3) is 0.182. The fourth-order valence-corrected chi connectivity index (χ4v) is 2.87. The molecule has 1 aromatic carbocycles. The maximum Gasteiger partial charge on any atom is 0.190 e. The summed E-state index contributed by atoms with van der Waals surface area (Å²) in [5, 5.41) is 14.0. The van der Waals surface area contributed by atoms with Gasteiger partial charge in [-0.05, 0) is 30.2 Å². The predicted octanol–water partition coefficient (Wildman–Crippen LogP) is 2.56. The van der Waals surface area contributed by atoms with E-state index in [4.69, 9.17) is 0 Å². The number of hydrogen-bond acceptors (Lipinski definition) is 5. The molecule has 4 nitrogen and oxygen atoms in total. The lowest BCUT2D eigenvalue weighted by Crippen LogP contribution is -1.93. The molecule has 0 saturated heterocycles. The summed E-state index contributed by atoms with van der Waals surface area (Å²) in [5.74, 6) is 0. The van der Waals surface area contributed by atoms with Crippen LogP contribution in [-0.2, 0) is 7.05 Å². The van der Waals surface area contributed by atoms with Crippen molar-refractivity contribution >= 4 is 23.5 Å². The minimum Gasteiger partial charge on any atom is -0.244 e. The molecule has 0 amide bonds. The number of aromatic nitrogens is 3. The predicted molar refractivity (Wildman–Crippen MR) is 68.1 cm³/mol. The van der Waals surface area contributed by atoms with Gasteiger partial charge in [0.05, 0.1) is 5.56 Å². The molecule has 1 aromatic heterocycles. The van der Waals surface area contributed by atoms with Crippen LogP contribution in [0.1, 0.15) is 5.56 Å². The van der Waals surface area contributed by atoms with Gasteiger partial charge in [0, 0.05) is 16.8 Å². The third kappa shape index (κ3) is 2.46. The Kier molecular flexibility index (Phi) is 3.71. The Bertz CT molecular complexity index is 571. The minimum atomic E-state index is 0.702. The van der Waals surface area contributed by atoms with Gasteiger partial charge in [0.1, 0.15) is 12.4 Å². The van der Waals surface area contributed by atoms with Crippen LogP contribution in [-0.4, -0.2) is 21.0 Å². The molecule has 0 fully saturated rings. The summed E-state index contributed by atoms with van der Waals surface area (Å²) in [6.45, 7) is 0. The molecule has 86 valence electrons. The highest BCUT2D eigenvalue weighted by Gasteiger charge is 2.11. The van der Waals surface area contributed by atoms with Crippen LogP contribution in [0.4, 0.5) is 0 Å². The summed E-state index contributed by atoms with van der Waals surface area (Å²) in [4.78, 5) is 6.04. The van der Waals surface area contributed by atoms with E-state index < -0.39 is 0 Å². The molecule has 0 spiro atoms. The molecule has 1 heterocycles. The summed E-state index contributed by atoms with van der Waals surface area (Å²) in [5.41, 5.74) is 0.702. The van der Waals surface area contributed by atoms with Crippen LogP contribution in [0.25, 0.3) is 0 Å². The third-order valence-corrected chi connectivity index (χ3v) is 4.08. The van der Waals surface area contributed by atoms with Crippen LogP contribution in [0.2, 0.25) is 0 Å². The van der Waals surface area contributed by atoms with E-state index in [0.29, 0.717) is 5.56 Å². The Hall–Kier alpha value is -1.45. The molecular formula is C11H10N4S2. The number of aryl methyl sites for hydroxylation is 1. The molecule has 17 heavy (non-hydrogen) atoms. The van der Waals surface area contributed by atoms with Crippen LogP contribution in [0.15, 0.2) is 39.5 Å². The Morgan fingerprint density at radius 1 is 1.35 bits per heavy atom. The standard InChI is InChI=1S/C11H10N4S2/c1-15-11(13-7-14-15)17-10-5-3-4-9(16-2)8(10)6-12/h3-5,7H,1-2H3. The number of hydrogen-bond donors (Lipinski definition) is 0. The van der Waals surface area contributed by atoms with Crippen molar-refractivity contribution in [1.82, 2.24) is 14.8 Å². The van der Waals surface area contributed by atoms with Crippen molar-refractivity contribution in [2.24, 2.45) is 7.05 Å². The first-order valence-electron chi connectivity index (χ1n) is 4.85. The molecule has 0 N–H and O–H groups in total. The van der Waals surface area contributed by atoms with Gasteiger partial charge in [-0.25, -0.2) is 9.67 Å². The average Bonchev–Trinajstić information content (AvgIpc) is 2.74. The molecule has 0 atom stereocenters. The zero-order valence-corrected chi connectivity index (χ0v) is 11.0. The van der Waals surface area contributed by atoms with Gasteiger partial charge < -0.3 is 0 Å². The van der Waals surface area contributed by atoms with E-state index in [2.05, 4.69) is 16.2 Å². The van der Waals surface area contributed by atoms with Crippen molar-refractivity contribution in [1.29, 1.82) is 5.26 Å². The summed E-state index contributed by atoms with van der Waals surface area (Å²) < 4.78 is 1.69. The molecule has 6 heteroatoms. The van der Waals surface area contributed by atoms with Gasteiger partial charge in [0.25, 0.3) is 0 Å². The molecule has 0 saturated carbocycles. The number of rotatable bonds is 3. The molecule has 0 aliphatic carbocycles. The number of nitriles is 1. The first-order valence-corrected chi connectivity index (χ1v) is 6.89. The maximum atomic E-state index is 9.21. The zero-order valence-electron chi connectivity index (χ0n) is 9.41. The highest BCUT2D eigenvalue weighted by atomic mass is 32.2. The molecule has 0 aliphatic rings. The van der Waals surface area contributed by atoms with Crippen LogP contribution in [0.5, 0.6) is 0 Å². The van der Waals surface area contributed by atoms with Crippen molar-refractivity contribution in [2.75, 3.05) is 6.26 Å². The summed E-state index contributed by atoms with van der Waals surface area (Å²) in [7, 11) is 1.83. The smallest absolute Gasteiger partial charge is 0.190 e. The lowest BCUT2D eigenvalue weighted by molar-refractivity contribution is 0.685. The lowest BCUT2D eigenvalue weighted by Gasteiger charge is -2.06. The van der Waals surface area contributed by atoms with Crippen LogP contribution in [0.3, 0.4) is 0 Å². The van der Waals surface area contributed by atoms with E-state index in [1.54, 1.807) is 16.4 Å². The van der Waals surface area contributed by atoms with Gasteiger partial charge >= 0.3 is 0 Å². The quantitative estimate of drug-likeness (QED) is 0.796. The summed E-state index contributed by atoms with van der Waals surface area (Å²) in [6, 6.07) is 8.07. The molecule has 0 radical (unpaired) electrons. The van der Waals surface area contributed by atoms with Crippen LogP contribution in [0, 0.1) is 11.3 Å². The van der Waals surface area contributed by atoms with Crippen molar-refractivity contribution < 1.29 is 0 Å². The first-order chi connectivity index (χ1) is 8.26. The largest absolute Gasteiger partial charge is 0.244 e. The van der Waals surface area contributed by atoms with E-state index in [1.807, 2.05) is 31.5 Å². The number of thioether (sulfide) groups is 1. The van der Waals surface area contributed by atoms with Gasteiger partial charge in [-0.1, -0.05) is 6.07 Å². The van der Waals surface area contributed by atoms with Gasteiger partial charge in [-0.2, -0.15) is 10.4 Å². The Labute approximate surface area is 108 Å². The van der Waals surface area contributed by atoms with Gasteiger partial charge in [-0.15, -0.1) is 11.8 Å². The van der Waals surface area contributed by atoms with E-state index in [-0.39, 0.29) is 0 Å². The van der Waals surface area contributed by atoms with Gasteiger partial charge in [0.15, 0.2) is 5.16 Å². The Balaban J connectivity index is 2.40. The van der Waals surface area contributed by atoms with Crippen molar-refractivity contribution in [3.63, 3.8) is 0 Å². The highest BCUT2D eigenvalue weighted by molar-refractivity contribution is 7.99. The molecule has 2 rings (SSSR count). The van der Waals surface area contributed by atoms with Crippen molar-refractivity contribution in [3.8, 4) is 6.07 Å². The van der Waals surface area contributed by atoms with Crippen LogP contribution < -0.4 is 0 Å². The van der Waals surface area contributed by atoms with Crippen molar-refractivity contribution in [2.45, 2.75) is 14.9 Å². The van der Waals surface area contributed by atoms with E-state index in [1.165, 1.54) is 18.1 Å². The highest BCUT2D eigenvalue weighted by Crippen LogP contribution is 2.32. The maximum absolute atomic E-state index is 9.21. The van der Waals surface area contributed by atoms with E-state index in [9.17, 15) is 5.26 Å². The number of nitrogens with zero attached hydrogens (tertiary/aromatic N) is 4. The number of benzene rings is 1. The lowest BCUT2D eigenvalue weighted by atomic mass is 10.2. The second kappa shape index (κ2) is 5.25. The normalized spacial score (nSPS) is 10.2. The Morgan fingerprint density at radius 3 is 2.71 bits per heavy atom. The Morgan fingerprint density at radius 2 is 2.12 bits per heavy atom. The third-order valence-electron chi connectivity index (χ3n) is 2.19. The molecule has 0 bridgehead atoms. The van der Waals surface area contributed by atoms with Gasteiger partial charge in [0.2, 0.25) is 0 Å². The topological polar surface area (TPSA) is 54.5 Å². The summed E-state index contributed by atoms with van der Waals surface area (Å²) >= 11 is 3.03. The fourth-order valence-electron chi connectivity index (χ4n) is 1.35. The second-order valence-electron chi connectivity index (χ2n) is 3.21. The van der Waals surface area contributed by atoms with E-state index >= 15 is 0 Å². The van der Waals surface area contributed by atoms with Gasteiger partial charge in [-0.3, -0.25) is 0 Å². The molecule has 0 unspecified atom stereocenters. The van der Waals surface area contributed by atoms with E-state index in [0.717, 1.165) is 14.9 Å². The zero-order chi connectivity index (χ0) is 12.3. The molecule has 2 aromatic rings. The van der Waals surface area contributed by atoms with Crippen molar-refractivity contribution in [3.05, 3.63) is 30.1 Å². The molecular weight excluding hydrogens is 252 g/mol. The minimum absolute atomic E-state index is 0.702. The monoisotopic (exact) mass is 262 g/mol. The average molecular weight is 262 g/mol.